The predicted molar refractivity (Wildman–Crippen MR) is 121 cm³/mol. The highest BCUT2D eigenvalue weighted by Crippen LogP contribution is 2.37. The van der Waals surface area contributed by atoms with Gasteiger partial charge in [-0.05, 0) is 43.0 Å². The third kappa shape index (κ3) is 7.88. The van der Waals surface area contributed by atoms with Crippen molar-refractivity contribution in [3.63, 3.8) is 0 Å². The van der Waals surface area contributed by atoms with Gasteiger partial charge in [0.15, 0.2) is 11.8 Å². The molecule has 4 N–H and O–H groups in total. The van der Waals surface area contributed by atoms with Crippen LogP contribution < -0.4 is 15.2 Å². The lowest BCUT2D eigenvalue weighted by Crippen LogP contribution is -2.47. The van der Waals surface area contributed by atoms with Gasteiger partial charge in [-0.15, -0.1) is 0 Å². The zero-order valence-electron chi connectivity index (χ0n) is 20.0. The summed E-state index contributed by atoms with van der Waals surface area (Å²) in [4.78, 5) is 36.7. The minimum Gasteiger partial charge on any atom is -0.497 e. The Hall–Kier alpha value is -2.85. The zero-order valence-corrected chi connectivity index (χ0v) is 20.0. The Morgan fingerprint density at radius 1 is 1.15 bits per heavy atom. The molecule has 0 saturated heterocycles. The first-order valence-corrected chi connectivity index (χ1v) is 11.5. The first-order valence-electron chi connectivity index (χ1n) is 11.5. The molecular weight excluding hydrogens is 446 g/mol. The molecule has 1 aliphatic carbocycles. The van der Waals surface area contributed by atoms with Gasteiger partial charge >= 0.3 is 17.9 Å². The molecule has 0 spiro atoms. The average molecular weight is 482 g/mol. The molecule has 0 aliphatic heterocycles. The van der Waals surface area contributed by atoms with E-state index in [0.29, 0.717) is 30.8 Å². The fraction of sp³-hybridized carbons (Fsp3) is 0.625. The minimum absolute atomic E-state index is 0.178. The highest BCUT2D eigenvalue weighted by atomic mass is 16.7. The van der Waals surface area contributed by atoms with Gasteiger partial charge in [0.05, 0.1) is 20.0 Å². The van der Waals surface area contributed by atoms with Crippen LogP contribution in [0.4, 0.5) is 0 Å². The van der Waals surface area contributed by atoms with Crippen LogP contribution in [0.3, 0.4) is 0 Å². The number of hydrogen-bond acceptors (Lipinski definition) is 9. The number of aliphatic hydroxyl groups is 1. The molecule has 1 aliphatic rings. The van der Waals surface area contributed by atoms with Crippen LogP contribution in [0.2, 0.25) is 0 Å². The van der Waals surface area contributed by atoms with E-state index < -0.39 is 48.4 Å². The molecule has 0 amide bonds. The molecule has 1 aromatic rings. The Labute approximate surface area is 199 Å². The number of nitrogens with two attached hydrogens (primary N) is 1. The first-order chi connectivity index (χ1) is 16.0. The average Bonchev–Trinajstić information content (AvgIpc) is 2.94. The fourth-order valence-electron chi connectivity index (χ4n) is 3.92. The maximum atomic E-state index is 12.9. The summed E-state index contributed by atoms with van der Waals surface area (Å²) in [7, 11) is 1.54. The van der Waals surface area contributed by atoms with Crippen molar-refractivity contribution in [3.05, 3.63) is 24.3 Å². The molecule has 0 bridgehead atoms. The van der Waals surface area contributed by atoms with Crippen LogP contribution in [0.15, 0.2) is 24.3 Å². The van der Waals surface area contributed by atoms with E-state index in [1.54, 1.807) is 38.3 Å². The number of ether oxygens (including phenoxy) is 4. The van der Waals surface area contributed by atoms with Gasteiger partial charge < -0.3 is 29.2 Å². The lowest BCUT2D eigenvalue weighted by atomic mass is 9.95. The summed E-state index contributed by atoms with van der Waals surface area (Å²) in [6.07, 6.45) is 0.835. The summed E-state index contributed by atoms with van der Waals surface area (Å²) >= 11 is 0. The Balaban J connectivity index is 2.20. The third-order valence-electron chi connectivity index (χ3n) is 5.78. The van der Waals surface area contributed by atoms with Gasteiger partial charge in [0.1, 0.15) is 11.5 Å². The Morgan fingerprint density at radius 2 is 1.76 bits per heavy atom. The van der Waals surface area contributed by atoms with Gasteiger partial charge in [-0.3, -0.25) is 15.3 Å². The number of benzene rings is 1. The van der Waals surface area contributed by atoms with Crippen LogP contribution in [0, 0.1) is 5.92 Å². The highest BCUT2D eigenvalue weighted by molar-refractivity contribution is 5.89. The van der Waals surface area contributed by atoms with E-state index in [-0.39, 0.29) is 5.92 Å². The summed E-state index contributed by atoms with van der Waals surface area (Å²) in [6, 6.07) is 6.79. The lowest BCUT2D eigenvalue weighted by Gasteiger charge is -2.35. The largest absolute Gasteiger partial charge is 0.497 e. The van der Waals surface area contributed by atoms with Crippen LogP contribution in [0.1, 0.15) is 65.2 Å². The minimum atomic E-state index is -2.71. The fourth-order valence-corrected chi connectivity index (χ4v) is 3.92. The normalized spacial score (nSPS) is 23.0. The molecule has 0 radical (unpaired) electrons. The molecule has 1 fully saturated rings. The number of carboxylic acid groups (broad SMARTS) is 1. The van der Waals surface area contributed by atoms with Crippen molar-refractivity contribution < 1.29 is 43.5 Å². The van der Waals surface area contributed by atoms with Crippen molar-refractivity contribution in [2.24, 2.45) is 11.7 Å². The summed E-state index contributed by atoms with van der Waals surface area (Å²) in [6.45, 7) is 3.69. The molecule has 10 nitrogen and oxygen atoms in total. The van der Waals surface area contributed by atoms with E-state index in [0.717, 1.165) is 19.3 Å². The summed E-state index contributed by atoms with van der Waals surface area (Å²) in [5.74, 6) is -3.85. The molecular formula is C24H35NO9. The second kappa shape index (κ2) is 12.0. The van der Waals surface area contributed by atoms with E-state index in [9.17, 15) is 24.6 Å². The van der Waals surface area contributed by atoms with Crippen molar-refractivity contribution >= 4 is 17.9 Å². The van der Waals surface area contributed by atoms with Gasteiger partial charge in [0.25, 0.3) is 5.79 Å². The van der Waals surface area contributed by atoms with Crippen molar-refractivity contribution in [1.82, 2.24) is 0 Å². The summed E-state index contributed by atoms with van der Waals surface area (Å²) in [5, 5.41) is 20.1. The molecule has 2 rings (SSSR count). The Kier molecular flexibility index (Phi) is 9.69. The Morgan fingerprint density at radius 3 is 2.35 bits per heavy atom. The number of aliphatic carboxylic acids is 1. The first kappa shape index (κ1) is 27.4. The quantitative estimate of drug-likeness (QED) is 0.244. The standard InChI is InChI=1S/C24H35NO9/c1-4-19(25)32-20(26)14-23(30,22(28)29)15-21(27)34-24(12-6-5-7-16(2)13-24)33-18-10-8-17(31-3)9-11-18/h8-11,16,19,30H,4-7,12-15,25H2,1-3H3,(H,28,29). The monoisotopic (exact) mass is 481 g/mol. The number of methoxy groups -OCH3 is 1. The summed E-state index contributed by atoms with van der Waals surface area (Å²) in [5.41, 5.74) is 2.83. The van der Waals surface area contributed by atoms with Crippen LogP contribution >= 0.6 is 0 Å². The van der Waals surface area contributed by atoms with Crippen LogP contribution in [0.25, 0.3) is 0 Å². The van der Waals surface area contributed by atoms with E-state index >= 15 is 0 Å². The van der Waals surface area contributed by atoms with Gasteiger partial charge in [-0.25, -0.2) is 4.79 Å². The van der Waals surface area contributed by atoms with E-state index in [2.05, 4.69) is 0 Å². The Bertz CT molecular complexity index is 843. The van der Waals surface area contributed by atoms with Gasteiger partial charge in [-0.1, -0.05) is 26.7 Å². The number of rotatable bonds is 11. The lowest BCUT2D eigenvalue weighted by molar-refractivity contribution is -0.211. The molecule has 1 saturated carbocycles. The van der Waals surface area contributed by atoms with Crippen molar-refractivity contribution in [3.8, 4) is 11.5 Å². The molecule has 10 heteroatoms. The smallest absolute Gasteiger partial charge is 0.336 e. The van der Waals surface area contributed by atoms with Gasteiger partial charge in [-0.2, -0.15) is 0 Å². The van der Waals surface area contributed by atoms with E-state index in [1.807, 2.05) is 6.92 Å². The number of carbonyl (C=O) groups is 3. The van der Waals surface area contributed by atoms with Gasteiger partial charge in [0.2, 0.25) is 0 Å². The second-order valence-corrected chi connectivity index (χ2v) is 8.84. The number of carboxylic acids is 1. The highest BCUT2D eigenvalue weighted by Gasteiger charge is 2.46. The zero-order chi connectivity index (χ0) is 25.4. The third-order valence-corrected chi connectivity index (χ3v) is 5.78. The second-order valence-electron chi connectivity index (χ2n) is 8.84. The molecule has 1 aromatic carbocycles. The molecule has 4 atom stereocenters. The van der Waals surface area contributed by atoms with E-state index in [1.165, 1.54) is 0 Å². The SMILES string of the molecule is CCC(N)OC(=O)CC(O)(CC(=O)OC1(Oc2ccc(OC)cc2)CCCCC(C)C1)C(=O)O. The van der Waals surface area contributed by atoms with Crippen LogP contribution in [-0.2, 0) is 23.9 Å². The molecule has 4 unspecified atom stereocenters. The van der Waals surface area contributed by atoms with Gasteiger partial charge in [0, 0.05) is 12.8 Å². The van der Waals surface area contributed by atoms with Crippen LogP contribution in [-0.4, -0.2) is 52.8 Å². The molecule has 190 valence electrons. The predicted octanol–water partition coefficient (Wildman–Crippen LogP) is 2.75. The summed E-state index contributed by atoms with van der Waals surface area (Å²) < 4.78 is 21.9. The number of esters is 2. The van der Waals surface area contributed by atoms with Crippen molar-refractivity contribution in [2.45, 2.75) is 82.8 Å². The maximum absolute atomic E-state index is 12.9. The number of carbonyl (C=O) groups excluding carboxylic acids is 2. The van der Waals surface area contributed by atoms with Crippen LogP contribution in [0.5, 0.6) is 11.5 Å². The van der Waals surface area contributed by atoms with Crippen molar-refractivity contribution in [1.29, 1.82) is 0 Å². The topological polar surface area (TPSA) is 155 Å². The molecule has 0 aromatic heterocycles. The number of hydrogen-bond donors (Lipinski definition) is 3. The van der Waals surface area contributed by atoms with Crippen molar-refractivity contribution in [2.75, 3.05) is 7.11 Å². The molecule has 34 heavy (non-hydrogen) atoms. The van der Waals surface area contributed by atoms with E-state index in [4.69, 9.17) is 24.7 Å². The molecule has 0 heterocycles. The maximum Gasteiger partial charge on any atom is 0.336 e.